The van der Waals surface area contributed by atoms with Gasteiger partial charge in [-0.05, 0) is 25.5 Å². The second kappa shape index (κ2) is 7.00. The standard InChI is InChI=1S/C17H23N5O2/c1-4-5-11-8-15(23)21-17(19-11)22-16-18-10(2)13-7-6-12(24-3)9-14(13)20-16/h6-7,9,11,17,19H,4-5,8H2,1-3H3,(H,21,23)(H,18,20,22). The summed E-state index contributed by atoms with van der Waals surface area (Å²) in [5.41, 5.74) is 1.67. The van der Waals surface area contributed by atoms with Crippen LogP contribution in [0.15, 0.2) is 18.2 Å². The molecule has 1 aromatic carbocycles. The molecule has 1 saturated heterocycles. The molecule has 1 amide bonds. The SMILES string of the molecule is CCCC1CC(=O)NC(Nc2nc(C)c3ccc(OC)cc3n2)N1. The van der Waals surface area contributed by atoms with Crippen LogP contribution in [0.3, 0.4) is 0 Å². The van der Waals surface area contributed by atoms with E-state index in [-0.39, 0.29) is 18.2 Å². The Morgan fingerprint density at radius 2 is 2.21 bits per heavy atom. The van der Waals surface area contributed by atoms with Gasteiger partial charge in [0.25, 0.3) is 0 Å². The van der Waals surface area contributed by atoms with Gasteiger partial charge in [-0.2, -0.15) is 0 Å². The molecule has 1 aromatic heterocycles. The van der Waals surface area contributed by atoms with Crippen LogP contribution in [-0.4, -0.2) is 35.3 Å². The van der Waals surface area contributed by atoms with Gasteiger partial charge < -0.3 is 15.4 Å². The molecule has 3 N–H and O–H groups in total. The number of benzene rings is 1. The van der Waals surface area contributed by atoms with Crippen LogP contribution in [-0.2, 0) is 4.79 Å². The molecule has 0 aliphatic carbocycles. The number of nitrogens with zero attached hydrogens (tertiary/aromatic N) is 2. The van der Waals surface area contributed by atoms with Crippen LogP contribution in [0.25, 0.3) is 10.9 Å². The number of methoxy groups -OCH3 is 1. The smallest absolute Gasteiger partial charge is 0.226 e. The van der Waals surface area contributed by atoms with E-state index < -0.39 is 0 Å². The summed E-state index contributed by atoms with van der Waals surface area (Å²) in [7, 11) is 1.63. The van der Waals surface area contributed by atoms with Crippen LogP contribution < -0.4 is 20.7 Å². The third-order valence-corrected chi connectivity index (χ3v) is 4.14. The zero-order valence-electron chi connectivity index (χ0n) is 14.2. The summed E-state index contributed by atoms with van der Waals surface area (Å²) in [6.45, 7) is 4.05. The number of hydrogen-bond acceptors (Lipinski definition) is 6. The number of amides is 1. The minimum absolute atomic E-state index is 0.0314. The Hall–Kier alpha value is -2.41. The van der Waals surface area contributed by atoms with Gasteiger partial charge in [0.2, 0.25) is 11.9 Å². The average molecular weight is 329 g/mol. The average Bonchev–Trinajstić information content (AvgIpc) is 2.54. The van der Waals surface area contributed by atoms with Crippen molar-refractivity contribution in [3.05, 3.63) is 23.9 Å². The maximum absolute atomic E-state index is 11.9. The van der Waals surface area contributed by atoms with E-state index in [4.69, 9.17) is 4.74 Å². The fourth-order valence-corrected chi connectivity index (χ4v) is 2.98. The molecular formula is C17H23N5O2. The first-order chi connectivity index (χ1) is 11.6. The molecule has 0 radical (unpaired) electrons. The number of nitrogens with one attached hydrogen (secondary N) is 3. The number of rotatable bonds is 5. The van der Waals surface area contributed by atoms with Crippen molar-refractivity contribution in [3.63, 3.8) is 0 Å². The topological polar surface area (TPSA) is 88.2 Å². The van der Waals surface area contributed by atoms with Gasteiger partial charge in [-0.3, -0.25) is 10.1 Å². The minimum Gasteiger partial charge on any atom is -0.497 e. The van der Waals surface area contributed by atoms with E-state index in [1.54, 1.807) is 7.11 Å². The van der Waals surface area contributed by atoms with E-state index in [1.165, 1.54) is 0 Å². The molecule has 2 aromatic rings. The number of carbonyl (C=O) groups is 1. The van der Waals surface area contributed by atoms with Crippen LogP contribution in [0, 0.1) is 6.92 Å². The highest BCUT2D eigenvalue weighted by atomic mass is 16.5. The summed E-state index contributed by atoms with van der Waals surface area (Å²) in [5, 5.41) is 10.4. The molecule has 7 heteroatoms. The summed E-state index contributed by atoms with van der Waals surface area (Å²) in [6, 6.07) is 5.89. The lowest BCUT2D eigenvalue weighted by atomic mass is 10.1. The normalized spacial score (nSPS) is 20.7. The van der Waals surface area contributed by atoms with Crippen molar-refractivity contribution in [2.24, 2.45) is 0 Å². The highest BCUT2D eigenvalue weighted by molar-refractivity contribution is 5.83. The van der Waals surface area contributed by atoms with E-state index in [0.29, 0.717) is 12.4 Å². The Morgan fingerprint density at radius 1 is 1.38 bits per heavy atom. The highest BCUT2D eigenvalue weighted by Gasteiger charge is 2.25. The van der Waals surface area contributed by atoms with Gasteiger partial charge in [0.1, 0.15) is 5.75 Å². The number of fused-ring (bicyclic) bond motifs is 1. The largest absolute Gasteiger partial charge is 0.497 e. The molecule has 0 spiro atoms. The van der Waals surface area contributed by atoms with Gasteiger partial charge in [0, 0.05) is 23.9 Å². The Labute approximate surface area is 141 Å². The molecule has 1 aliphatic rings. The zero-order valence-corrected chi connectivity index (χ0v) is 14.2. The highest BCUT2D eigenvalue weighted by Crippen LogP contribution is 2.22. The molecule has 128 valence electrons. The molecule has 7 nitrogen and oxygen atoms in total. The number of aryl methyl sites for hydroxylation is 1. The Balaban J connectivity index is 1.82. The zero-order chi connectivity index (χ0) is 17.1. The number of anilines is 1. The van der Waals surface area contributed by atoms with Gasteiger partial charge in [0.15, 0.2) is 6.29 Å². The molecule has 0 bridgehead atoms. The summed E-state index contributed by atoms with van der Waals surface area (Å²) in [5.74, 6) is 1.26. The number of hydrogen-bond donors (Lipinski definition) is 3. The fraction of sp³-hybridized carbons (Fsp3) is 0.471. The van der Waals surface area contributed by atoms with Crippen molar-refractivity contribution in [2.75, 3.05) is 12.4 Å². The maximum atomic E-state index is 11.9. The van der Waals surface area contributed by atoms with E-state index in [9.17, 15) is 4.79 Å². The Morgan fingerprint density at radius 3 is 2.96 bits per heavy atom. The summed E-state index contributed by atoms with van der Waals surface area (Å²) in [4.78, 5) is 20.9. The van der Waals surface area contributed by atoms with E-state index >= 15 is 0 Å². The van der Waals surface area contributed by atoms with Crippen LogP contribution in [0.1, 0.15) is 31.9 Å². The lowest BCUT2D eigenvalue weighted by molar-refractivity contribution is -0.124. The monoisotopic (exact) mass is 329 g/mol. The van der Waals surface area contributed by atoms with Gasteiger partial charge in [-0.25, -0.2) is 9.97 Å². The summed E-state index contributed by atoms with van der Waals surface area (Å²) >= 11 is 0. The second-order valence-corrected chi connectivity index (χ2v) is 6.02. The molecule has 0 saturated carbocycles. The van der Waals surface area contributed by atoms with Crippen molar-refractivity contribution >= 4 is 22.8 Å². The third kappa shape index (κ3) is 3.56. The molecule has 1 aliphatic heterocycles. The van der Waals surface area contributed by atoms with Crippen LogP contribution in [0.5, 0.6) is 5.75 Å². The van der Waals surface area contributed by atoms with Crippen molar-refractivity contribution in [1.29, 1.82) is 0 Å². The van der Waals surface area contributed by atoms with Gasteiger partial charge >= 0.3 is 0 Å². The van der Waals surface area contributed by atoms with Crippen LogP contribution in [0.2, 0.25) is 0 Å². The lowest BCUT2D eigenvalue weighted by Crippen LogP contribution is -2.59. The van der Waals surface area contributed by atoms with Gasteiger partial charge in [0.05, 0.1) is 18.3 Å². The molecule has 3 rings (SSSR count). The fourth-order valence-electron chi connectivity index (χ4n) is 2.98. The molecule has 2 atom stereocenters. The Bertz CT molecular complexity index is 749. The van der Waals surface area contributed by atoms with Crippen molar-refractivity contribution < 1.29 is 9.53 Å². The molecular weight excluding hydrogens is 306 g/mol. The van der Waals surface area contributed by atoms with E-state index in [1.807, 2.05) is 25.1 Å². The van der Waals surface area contributed by atoms with E-state index in [0.717, 1.165) is 35.2 Å². The minimum atomic E-state index is -0.370. The first kappa shape index (κ1) is 16.4. The first-order valence-electron chi connectivity index (χ1n) is 8.23. The molecule has 1 fully saturated rings. The van der Waals surface area contributed by atoms with E-state index in [2.05, 4.69) is 32.8 Å². The van der Waals surface area contributed by atoms with Crippen molar-refractivity contribution in [2.45, 2.75) is 45.4 Å². The van der Waals surface area contributed by atoms with Crippen molar-refractivity contribution in [3.8, 4) is 5.75 Å². The number of ether oxygens (including phenoxy) is 1. The summed E-state index contributed by atoms with van der Waals surface area (Å²) in [6.07, 6.45) is 2.12. The van der Waals surface area contributed by atoms with Gasteiger partial charge in [-0.15, -0.1) is 0 Å². The predicted octanol–water partition coefficient (Wildman–Crippen LogP) is 1.92. The third-order valence-electron chi connectivity index (χ3n) is 4.14. The first-order valence-corrected chi connectivity index (χ1v) is 8.23. The molecule has 2 heterocycles. The number of aromatic nitrogens is 2. The molecule has 24 heavy (non-hydrogen) atoms. The Kier molecular flexibility index (Phi) is 4.80. The lowest BCUT2D eigenvalue weighted by Gasteiger charge is -2.31. The second-order valence-electron chi connectivity index (χ2n) is 6.02. The quantitative estimate of drug-likeness (QED) is 0.777. The van der Waals surface area contributed by atoms with Gasteiger partial charge in [-0.1, -0.05) is 13.3 Å². The predicted molar refractivity (Wildman–Crippen MR) is 92.8 cm³/mol. The molecule has 2 unspecified atom stereocenters. The maximum Gasteiger partial charge on any atom is 0.226 e. The summed E-state index contributed by atoms with van der Waals surface area (Å²) < 4.78 is 5.26. The van der Waals surface area contributed by atoms with Crippen LogP contribution >= 0.6 is 0 Å². The van der Waals surface area contributed by atoms with Crippen molar-refractivity contribution in [1.82, 2.24) is 20.6 Å². The number of carbonyl (C=O) groups excluding carboxylic acids is 1. The van der Waals surface area contributed by atoms with Crippen LogP contribution in [0.4, 0.5) is 5.95 Å².